The summed E-state index contributed by atoms with van der Waals surface area (Å²) >= 11 is 1.47. The Morgan fingerprint density at radius 1 is 1.39 bits per heavy atom. The molecule has 1 saturated heterocycles. The van der Waals surface area contributed by atoms with E-state index < -0.39 is 10.0 Å². The van der Waals surface area contributed by atoms with Crippen LogP contribution in [0.3, 0.4) is 0 Å². The highest BCUT2D eigenvalue weighted by Gasteiger charge is 2.36. The van der Waals surface area contributed by atoms with Crippen LogP contribution in [0.4, 0.5) is 0 Å². The molecule has 1 aromatic heterocycles. The zero-order valence-corrected chi connectivity index (χ0v) is 18.7. The van der Waals surface area contributed by atoms with E-state index in [0.717, 1.165) is 9.75 Å². The van der Waals surface area contributed by atoms with Crippen molar-refractivity contribution in [2.75, 3.05) is 39.8 Å². The molecule has 0 aromatic carbocycles. The molecule has 28 heavy (non-hydrogen) atoms. The zero-order valence-electron chi connectivity index (χ0n) is 17.1. The Balaban J connectivity index is 1.98. The van der Waals surface area contributed by atoms with Gasteiger partial charge in [0.25, 0.3) is 0 Å². The van der Waals surface area contributed by atoms with Crippen LogP contribution in [0.25, 0.3) is 0 Å². The van der Waals surface area contributed by atoms with Crippen LogP contribution >= 0.6 is 11.3 Å². The van der Waals surface area contributed by atoms with Crippen LogP contribution in [0.2, 0.25) is 0 Å². The molecule has 0 bridgehead atoms. The molecule has 8 nitrogen and oxygen atoms in total. The van der Waals surface area contributed by atoms with E-state index in [2.05, 4.69) is 15.0 Å². The van der Waals surface area contributed by atoms with E-state index in [-0.39, 0.29) is 24.3 Å². The van der Waals surface area contributed by atoms with Crippen LogP contribution in [0.15, 0.2) is 16.0 Å². The summed E-state index contributed by atoms with van der Waals surface area (Å²) in [5, 5.41) is 3.21. The number of methoxy groups -OCH3 is 1. The molecule has 1 aromatic rings. The monoisotopic (exact) mass is 430 g/mol. The number of carbonyl (C=O) groups excluding carboxylic acids is 1. The Morgan fingerprint density at radius 2 is 2.11 bits per heavy atom. The van der Waals surface area contributed by atoms with Gasteiger partial charge in [-0.25, -0.2) is 13.1 Å². The normalized spacial score (nSPS) is 20.5. The average Bonchev–Trinajstić information content (AvgIpc) is 3.19. The summed E-state index contributed by atoms with van der Waals surface area (Å²) < 4.78 is 32.4. The molecular weight excluding hydrogens is 400 g/mol. The standard InChI is InChI=1S/C18H30N4O4S2/c1-6-19-18(22-10-12(2)15(11-22)17(23)26-5)20-7-8-21-28(24,25)16-9-13(3)27-14(16)4/h9,12,15,21H,6-8,10-11H2,1-5H3,(H,19,20). The largest absolute Gasteiger partial charge is 0.469 e. The van der Waals surface area contributed by atoms with E-state index in [1.165, 1.54) is 18.4 Å². The minimum Gasteiger partial charge on any atom is -0.469 e. The molecule has 0 radical (unpaired) electrons. The summed E-state index contributed by atoms with van der Waals surface area (Å²) in [6.45, 7) is 10.1. The van der Waals surface area contributed by atoms with Gasteiger partial charge in [0.05, 0.1) is 24.5 Å². The third-order valence-electron chi connectivity index (χ3n) is 4.70. The summed E-state index contributed by atoms with van der Waals surface area (Å²) in [5.74, 6) is 0.458. The van der Waals surface area contributed by atoms with Crippen molar-refractivity contribution in [2.45, 2.75) is 32.6 Å². The first-order chi connectivity index (χ1) is 13.2. The second kappa shape index (κ2) is 9.71. The van der Waals surface area contributed by atoms with Gasteiger partial charge >= 0.3 is 5.97 Å². The number of thiophene rings is 1. The van der Waals surface area contributed by atoms with E-state index in [0.29, 0.717) is 37.0 Å². The SMILES string of the molecule is CCNC(=NCCNS(=O)(=O)c1cc(C)sc1C)N1CC(C)C(C(=O)OC)C1. The molecule has 1 aliphatic rings. The molecule has 0 aliphatic carbocycles. The van der Waals surface area contributed by atoms with Gasteiger partial charge in [0, 0.05) is 35.9 Å². The summed E-state index contributed by atoms with van der Waals surface area (Å²) in [6, 6.07) is 1.69. The molecule has 10 heteroatoms. The molecule has 1 fully saturated rings. The number of carbonyl (C=O) groups is 1. The number of rotatable bonds is 7. The number of hydrogen-bond acceptors (Lipinski definition) is 6. The number of hydrogen-bond donors (Lipinski definition) is 2. The molecular formula is C18H30N4O4S2. The van der Waals surface area contributed by atoms with Crippen molar-refractivity contribution < 1.29 is 17.9 Å². The van der Waals surface area contributed by atoms with E-state index in [1.54, 1.807) is 13.0 Å². The molecule has 2 N–H and O–H groups in total. The maximum absolute atomic E-state index is 12.5. The van der Waals surface area contributed by atoms with Crippen LogP contribution in [-0.2, 0) is 19.6 Å². The van der Waals surface area contributed by atoms with Gasteiger partial charge in [-0.2, -0.15) is 0 Å². The lowest BCUT2D eigenvalue weighted by Crippen LogP contribution is -2.41. The fourth-order valence-corrected chi connectivity index (χ4v) is 5.89. The number of aryl methyl sites for hydroxylation is 2. The highest BCUT2D eigenvalue weighted by molar-refractivity contribution is 7.89. The maximum Gasteiger partial charge on any atom is 0.310 e. The highest BCUT2D eigenvalue weighted by atomic mass is 32.2. The lowest BCUT2D eigenvalue weighted by molar-refractivity contribution is -0.145. The Bertz CT molecular complexity index is 820. The third kappa shape index (κ3) is 5.45. The minimum atomic E-state index is -3.54. The summed E-state index contributed by atoms with van der Waals surface area (Å²) in [5.41, 5.74) is 0. The van der Waals surface area contributed by atoms with Crippen LogP contribution in [0, 0.1) is 25.7 Å². The van der Waals surface area contributed by atoms with Crippen molar-refractivity contribution in [2.24, 2.45) is 16.8 Å². The predicted octanol–water partition coefficient (Wildman–Crippen LogP) is 1.35. The lowest BCUT2D eigenvalue weighted by atomic mass is 9.99. The van der Waals surface area contributed by atoms with Crippen molar-refractivity contribution in [1.82, 2.24) is 14.9 Å². The fourth-order valence-electron chi connectivity index (χ4n) is 3.32. The maximum atomic E-state index is 12.5. The minimum absolute atomic E-state index is 0.166. The number of esters is 1. The van der Waals surface area contributed by atoms with Gasteiger partial charge < -0.3 is 15.0 Å². The third-order valence-corrected chi connectivity index (χ3v) is 7.38. The average molecular weight is 431 g/mol. The molecule has 2 unspecified atom stereocenters. The number of sulfonamides is 1. The van der Waals surface area contributed by atoms with Gasteiger partial charge in [0.1, 0.15) is 0 Å². The highest BCUT2D eigenvalue weighted by Crippen LogP contribution is 2.25. The van der Waals surface area contributed by atoms with E-state index in [4.69, 9.17) is 4.74 Å². The predicted molar refractivity (Wildman–Crippen MR) is 111 cm³/mol. The Kier molecular flexibility index (Phi) is 7.85. The van der Waals surface area contributed by atoms with Gasteiger partial charge in [0.2, 0.25) is 10.0 Å². The van der Waals surface area contributed by atoms with E-state index in [1.807, 2.05) is 25.7 Å². The number of nitrogens with one attached hydrogen (secondary N) is 2. The van der Waals surface area contributed by atoms with Crippen LogP contribution in [0.1, 0.15) is 23.6 Å². The smallest absolute Gasteiger partial charge is 0.310 e. The van der Waals surface area contributed by atoms with Gasteiger partial charge in [0.15, 0.2) is 5.96 Å². The fraction of sp³-hybridized carbons (Fsp3) is 0.667. The first-order valence-electron chi connectivity index (χ1n) is 9.37. The molecule has 0 amide bonds. The molecule has 1 aliphatic heterocycles. The number of ether oxygens (including phenoxy) is 1. The van der Waals surface area contributed by atoms with Crippen LogP contribution in [0.5, 0.6) is 0 Å². The van der Waals surface area contributed by atoms with Gasteiger partial charge in [-0.1, -0.05) is 6.92 Å². The molecule has 2 rings (SSSR count). The van der Waals surface area contributed by atoms with E-state index >= 15 is 0 Å². The Labute approximate surface area is 171 Å². The molecule has 0 saturated carbocycles. The Morgan fingerprint density at radius 3 is 2.68 bits per heavy atom. The Hall–Kier alpha value is -1.65. The second-order valence-corrected chi connectivity index (χ2v) is 10.1. The molecule has 158 valence electrons. The first kappa shape index (κ1) is 22.6. The van der Waals surface area contributed by atoms with Crippen molar-refractivity contribution in [3.8, 4) is 0 Å². The van der Waals surface area contributed by atoms with Crippen LogP contribution < -0.4 is 10.0 Å². The quantitative estimate of drug-likeness (QED) is 0.293. The molecule has 0 spiro atoms. The molecule has 2 atom stereocenters. The topological polar surface area (TPSA) is 100 Å². The lowest BCUT2D eigenvalue weighted by Gasteiger charge is -2.21. The molecule has 2 heterocycles. The van der Waals surface area contributed by atoms with Crippen molar-refractivity contribution >= 4 is 33.3 Å². The van der Waals surface area contributed by atoms with Crippen molar-refractivity contribution in [3.63, 3.8) is 0 Å². The number of likely N-dealkylation sites (tertiary alicyclic amines) is 1. The van der Waals surface area contributed by atoms with Crippen molar-refractivity contribution in [3.05, 3.63) is 15.8 Å². The van der Waals surface area contributed by atoms with Gasteiger partial charge in [-0.15, -0.1) is 11.3 Å². The first-order valence-corrected chi connectivity index (χ1v) is 11.7. The summed E-state index contributed by atoms with van der Waals surface area (Å²) in [6.07, 6.45) is 0. The number of guanidine groups is 1. The zero-order chi connectivity index (χ0) is 20.9. The van der Waals surface area contributed by atoms with Gasteiger partial charge in [-0.3, -0.25) is 9.79 Å². The van der Waals surface area contributed by atoms with Crippen molar-refractivity contribution in [1.29, 1.82) is 0 Å². The van der Waals surface area contributed by atoms with E-state index in [9.17, 15) is 13.2 Å². The summed E-state index contributed by atoms with van der Waals surface area (Å²) in [7, 11) is -2.13. The number of aliphatic imine (C=N–C) groups is 1. The number of nitrogens with zero attached hydrogens (tertiary/aromatic N) is 2. The van der Waals surface area contributed by atoms with Crippen LogP contribution in [-0.4, -0.2) is 65.1 Å². The summed E-state index contributed by atoms with van der Waals surface area (Å²) in [4.78, 5) is 20.5. The van der Waals surface area contributed by atoms with Gasteiger partial charge in [-0.05, 0) is 32.8 Å². The second-order valence-electron chi connectivity index (χ2n) is 6.92.